The minimum atomic E-state index is 0.291. The van der Waals surface area contributed by atoms with Gasteiger partial charge in [0.25, 0.3) is 0 Å². The predicted molar refractivity (Wildman–Crippen MR) is 89.2 cm³/mol. The van der Waals surface area contributed by atoms with Crippen molar-refractivity contribution >= 4 is 5.91 Å². The Morgan fingerprint density at radius 3 is 2.38 bits per heavy atom. The molecule has 0 radical (unpaired) electrons. The van der Waals surface area contributed by atoms with Gasteiger partial charge in [0.1, 0.15) is 0 Å². The maximum Gasteiger partial charge on any atom is 0.220 e. The van der Waals surface area contributed by atoms with Gasteiger partial charge in [0.2, 0.25) is 5.91 Å². The number of carbonyl (C=O) groups is 1. The maximum atomic E-state index is 12.0. The molecular formula is C19H35NO. The van der Waals surface area contributed by atoms with Crippen molar-refractivity contribution in [3.05, 3.63) is 0 Å². The van der Waals surface area contributed by atoms with E-state index in [0.717, 1.165) is 30.6 Å². The van der Waals surface area contributed by atoms with Gasteiger partial charge in [0.05, 0.1) is 0 Å². The molecule has 2 nitrogen and oxygen atoms in total. The molecule has 21 heavy (non-hydrogen) atoms. The normalized spacial score (nSPS) is 28.8. The fourth-order valence-corrected chi connectivity index (χ4v) is 4.58. The van der Waals surface area contributed by atoms with E-state index in [-0.39, 0.29) is 0 Å². The number of hydrogen-bond donors (Lipinski definition) is 1. The number of amides is 1. The van der Waals surface area contributed by atoms with Crippen LogP contribution in [0.1, 0.15) is 90.9 Å². The van der Waals surface area contributed by atoms with Crippen molar-refractivity contribution in [2.45, 2.75) is 96.9 Å². The van der Waals surface area contributed by atoms with E-state index in [1.807, 2.05) is 0 Å². The first-order chi connectivity index (χ1) is 10.2. The van der Waals surface area contributed by atoms with Gasteiger partial charge in [-0.15, -0.1) is 0 Å². The summed E-state index contributed by atoms with van der Waals surface area (Å²) >= 11 is 0. The molecule has 2 saturated carbocycles. The zero-order valence-electron chi connectivity index (χ0n) is 14.2. The molecule has 2 rings (SSSR count). The van der Waals surface area contributed by atoms with E-state index in [1.54, 1.807) is 0 Å². The average molecular weight is 293 g/mol. The Morgan fingerprint density at radius 1 is 1.05 bits per heavy atom. The molecule has 0 heterocycles. The van der Waals surface area contributed by atoms with Gasteiger partial charge in [-0.25, -0.2) is 0 Å². The molecule has 2 bridgehead atoms. The first-order valence-corrected chi connectivity index (χ1v) is 9.50. The highest BCUT2D eigenvalue weighted by molar-refractivity contribution is 5.76. The number of hydrogen-bond acceptors (Lipinski definition) is 1. The van der Waals surface area contributed by atoms with Crippen molar-refractivity contribution < 1.29 is 4.79 Å². The molecular weight excluding hydrogens is 258 g/mol. The van der Waals surface area contributed by atoms with Gasteiger partial charge in [-0.2, -0.15) is 0 Å². The maximum absolute atomic E-state index is 12.0. The standard InChI is InChI=1S/C19H35NO/c1-3-4-5-6-7-8-9-10-19(21)20-15(2)18-14-16-11-12-17(18)13-16/h15-18H,3-14H2,1-2H3,(H,20,21). The van der Waals surface area contributed by atoms with E-state index in [9.17, 15) is 4.79 Å². The summed E-state index contributed by atoms with van der Waals surface area (Å²) in [5, 5.41) is 3.28. The van der Waals surface area contributed by atoms with Crippen LogP contribution < -0.4 is 5.32 Å². The van der Waals surface area contributed by atoms with Gasteiger partial charge in [0, 0.05) is 12.5 Å². The summed E-state index contributed by atoms with van der Waals surface area (Å²) in [4.78, 5) is 12.0. The van der Waals surface area contributed by atoms with Crippen LogP contribution in [0.5, 0.6) is 0 Å². The molecule has 0 aliphatic heterocycles. The Morgan fingerprint density at radius 2 is 1.76 bits per heavy atom. The largest absolute Gasteiger partial charge is 0.353 e. The summed E-state index contributed by atoms with van der Waals surface area (Å²) in [7, 11) is 0. The second-order valence-corrected chi connectivity index (χ2v) is 7.57. The summed E-state index contributed by atoms with van der Waals surface area (Å²) < 4.78 is 0. The second kappa shape index (κ2) is 8.80. The van der Waals surface area contributed by atoms with E-state index in [0.29, 0.717) is 11.9 Å². The van der Waals surface area contributed by atoms with Gasteiger partial charge in [-0.05, 0) is 50.4 Å². The molecule has 2 heteroatoms. The van der Waals surface area contributed by atoms with Crippen LogP contribution >= 0.6 is 0 Å². The predicted octanol–water partition coefficient (Wildman–Crippen LogP) is 5.07. The number of nitrogens with one attached hydrogen (secondary N) is 1. The monoisotopic (exact) mass is 293 g/mol. The SMILES string of the molecule is CCCCCCCCCC(=O)NC(C)C1CC2CCC1C2. The van der Waals surface area contributed by atoms with Gasteiger partial charge in [0.15, 0.2) is 0 Å². The smallest absolute Gasteiger partial charge is 0.220 e. The summed E-state index contributed by atoms with van der Waals surface area (Å²) in [6, 6.07) is 0.400. The molecule has 2 aliphatic rings. The van der Waals surface area contributed by atoms with E-state index < -0.39 is 0 Å². The van der Waals surface area contributed by atoms with Gasteiger partial charge in [-0.3, -0.25) is 4.79 Å². The fraction of sp³-hybridized carbons (Fsp3) is 0.947. The van der Waals surface area contributed by atoms with Crippen molar-refractivity contribution in [2.75, 3.05) is 0 Å². The van der Waals surface area contributed by atoms with Gasteiger partial charge in [-0.1, -0.05) is 51.9 Å². The highest BCUT2D eigenvalue weighted by Gasteiger charge is 2.41. The second-order valence-electron chi connectivity index (χ2n) is 7.57. The van der Waals surface area contributed by atoms with E-state index in [1.165, 1.54) is 64.2 Å². The molecule has 4 atom stereocenters. The van der Waals surface area contributed by atoms with Crippen LogP contribution in [-0.4, -0.2) is 11.9 Å². The molecule has 122 valence electrons. The molecule has 2 aliphatic carbocycles. The molecule has 0 aromatic carbocycles. The van der Waals surface area contributed by atoms with Crippen LogP contribution in [0.4, 0.5) is 0 Å². The summed E-state index contributed by atoms with van der Waals surface area (Å²) in [5.41, 5.74) is 0. The molecule has 0 saturated heterocycles. The van der Waals surface area contributed by atoms with Crippen LogP contribution in [0.2, 0.25) is 0 Å². The van der Waals surface area contributed by atoms with Crippen molar-refractivity contribution in [3.63, 3.8) is 0 Å². The van der Waals surface area contributed by atoms with Crippen LogP contribution in [0.25, 0.3) is 0 Å². The zero-order valence-corrected chi connectivity index (χ0v) is 14.2. The Balaban J connectivity index is 1.51. The van der Waals surface area contributed by atoms with Crippen molar-refractivity contribution in [1.82, 2.24) is 5.32 Å². The lowest BCUT2D eigenvalue weighted by atomic mass is 9.84. The number of fused-ring (bicyclic) bond motifs is 2. The molecule has 4 unspecified atom stereocenters. The van der Waals surface area contributed by atoms with Crippen LogP contribution in [0.15, 0.2) is 0 Å². The third-order valence-corrected chi connectivity index (χ3v) is 5.83. The third-order valence-electron chi connectivity index (χ3n) is 5.83. The highest BCUT2D eigenvalue weighted by atomic mass is 16.1. The lowest BCUT2D eigenvalue weighted by Crippen LogP contribution is -2.40. The average Bonchev–Trinajstić information content (AvgIpc) is 3.09. The highest BCUT2D eigenvalue weighted by Crippen LogP contribution is 2.49. The van der Waals surface area contributed by atoms with Crippen LogP contribution in [0.3, 0.4) is 0 Å². The lowest BCUT2D eigenvalue weighted by molar-refractivity contribution is -0.122. The minimum absolute atomic E-state index is 0.291. The Hall–Kier alpha value is -0.530. The zero-order chi connectivity index (χ0) is 15.1. The number of rotatable bonds is 10. The Labute approximate surface area is 131 Å². The summed E-state index contributed by atoms with van der Waals surface area (Å²) in [6.45, 7) is 4.48. The Kier molecular flexibility index (Phi) is 7.06. The number of unbranched alkanes of at least 4 members (excludes halogenated alkanes) is 6. The van der Waals surface area contributed by atoms with Gasteiger partial charge >= 0.3 is 0 Å². The number of carbonyl (C=O) groups excluding carboxylic acids is 1. The van der Waals surface area contributed by atoms with Crippen molar-refractivity contribution in [1.29, 1.82) is 0 Å². The first kappa shape index (κ1) is 16.8. The third kappa shape index (κ3) is 5.30. The summed E-state index contributed by atoms with van der Waals surface area (Å²) in [5.74, 6) is 2.94. The molecule has 0 aromatic rings. The first-order valence-electron chi connectivity index (χ1n) is 9.50. The molecule has 1 amide bonds. The van der Waals surface area contributed by atoms with E-state index in [2.05, 4.69) is 19.2 Å². The quantitative estimate of drug-likeness (QED) is 0.560. The molecule has 1 N–H and O–H groups in total. The van der Waals surface area contributed by atoms with Crippen molar-refractivity contribution in [2.24, 2.45) is 17.8 Å². The fourth-order valence-electron chi connectivity index (χ4n) is 4.58. The molecule has 0 aromatic heterocycles. The molecule has 2 fully saturated rings. The van der Waals surface area contributed by atoms with Crippen LogP contribution in [-0.2, 0) is 4.79 Å². The topological polar surface area (TPSA) is 29.1 Å². The van der Waals surface area contributed by atoms with Gasteiger partial charge < -0.3 is 5.32 Å². The molecule has 0 spiro atoms. The lowest BCUT2D eigenvalue weighted by Gasteiger charge is -2.28. The Bertz CT molecular complexity index is 315. The minimum Gasteiger partial charge on any atom is -0.353 e. The van der Waals surface area contributed by atoms with Crippen molar-refractivity contribution in [3.8, 4) is 0 Å². The van der Waals surface area contributed by atoms with E-state index >= 15 is 0 Å². The van der Waals surface area contributed by atoms with Crippen LogP contribution in [0, 0.1) is 17.8 Å². The summed E-state index contributed by atoms with van der Waals surface area (Å²) in [6.07, 6.45) is 15.4. The van der Waals surface area contributed by atoms with E-state index in [4.69, 9.17) is 0 Å².